The topological polar surface area (TPSA) is 116 Å². The van der Waals surface area contributed by atoms with Gasteiger partial charge in [0.05, 0.1) is 11.6 Å². The second-order valence-electron chi connectivity index (χ2n) is 8.33. The largest absolute Gasteiger partial charge is 0.461 e. The van der Waals surface area contributed by atoms with Crippen LogP contribution < -0.4 is 5.73 Å². The van der Waals surface area contributed by atoms with Crippen LogP contribution in [-0.2, 0) is 14.3 Å². The van der Waals surface area contributed by atoms with Crippen molar-refractivity contribution in [1.29, 1.82) is 5.26 Å². The number of carbonyl (C=O) groups is 1. The minimum absolute atomic E-state index is 0.0454. The fourth-order valence-corrected chi connectivity index (χ4v) is 4.15. The summed E-state index contributed by atoms with van der Waals surface area (Å²) in [5.41, 5.74) is 6.46. The van der Waals surface area contributed by atoms with E-state index in [0.29, 0.717) is 24.2 Å². The predicted octanol–water partition coefficient (Wildman–Crippen LogP) is 2.40. The smallest absolute Gasteiger partial charge is 0.309 e. The molecule has 2 aliphatic rings. The minimum atomic E-state index is -1.12. The average Bonchev–Trinajstić information content (AvgIpc) is 3.23. The van der Waals surface area contributed by atoms with Crippen molar-refractivity contribution >= 4 is 17.3 Å². The maximum atomic E-state index is 12.2. The lowest BCUT2D eigenvalue weighted by atomic mass is 9.64. The van der Waals surface area contributed by atoms with Gasteiger partial charge in [-0.1, -0.05) is 13.8 Å². The molecule has 1 saturated heterocycles. The highest BCUT2D eigenvalue weighted by molar-refractivity contribution is 5.73. The molecule has 0 aromatic carbocycles. The number of nitrogens with zero attached hydrogens (tertiary/aromatic N) is 4. The van der Waals surface area contributed by atoms with Gasteiger partial charge in [-0.25, -0.2) is 9.50 Å². The number of aromatic nitrogens is 3. The van der Waals surface area contributed by atoms with E-state index in [1.165, 1.54) is 6.33 Å². The van der Waals surface area contributed by atoms with Gasteiger partial charge >= 0.3 is 5.97 Å². The van der Waals surface area contributed by atoms with Crippen LogP contribution >= 0.6 is 0 Å². The summed E-state index contributed by atoms with van der Waals surface area (Å²) in [4.78, 5) is 16.2. The van der Waals surface area contributed by atoms with Crippen LogP contribution in [0.15, 0.2) is 18.5 Å². The first kappa shape index (κ1) is 17.7. The van der Waals surface area contributed by atoms with Crippen molar-refractivity contribution < 1.29 is 14.3 Å². The number of ether oxygens (including phenoxy) is 2. The molecule has 3 heterocycles. The lowest BCUT2D eigenvalue weighted by Gasteiger charge is -2.41. The van der Waals surface area contributed by atoms with E-state index < -0.39 is 5.60 Å². The van der Waals surface area contributed by atoms with Crippen molar-refractivity contribution in [3.05, 3.63) is 24.2 Å². The van der Waals surface area contributed by atoms with Gasteiger partial charge in [-0.2, -0.15) is 10.4 Å². The van der Waals surface area contributed by atoms with E-state index in [1.807, 2.05) is 12.1 Å². The number of rotatable bonds is 4. The van der Waals surface area contributed by atoms with Gasteiger partial charge < -0.3 is 15.2 Å². The number of hydrogen-bond acceptors (Lipinski definition) is 7. The molecule has 27 heavy (non-hydrogen) atoms. The summed E-state index contributed by atoms with van der Waals surface area (Å²) in [7, 11) is 0. The van der Waals surface area contributed by atoms with Crippen molar-refractivity contribution in [1.82, 2.24) is 14.6 Å². The van der Waals surface area contributed by atoms with E-state index in [1.54, 1.807) is 4.52 Å². The van der Waals surface area contributed by atoms with Crippen LogP contribution in [0.5, 0.6) is 0 Å². The average molecular weight is 369 g/mol. The summed E-state index contributed by atoms with van der Waals surface area (Å²) in [6, 6.07) is 5.92. The molecule has 1 saturated carbocycles. The van der Waals surface area contributed by atoms with Crippen molar-refractivity contribution in [2.24, 2.45) is 11.3 Å². The van der Waals surface area contributed by atoms with Crippen LogP contribution in [0, 0.1) is 22.7 Å². The molecule has 142 valence electrons. The number of esters is 1. The maximum Gasteiger partial charge on any atom is 0.309 e. The predicted molar refractivity (Wildman–Crippen MR) is 96.3 cm³/mol. The molecule has 1 aliphatic heterocycles. The SMILES string of the molecule is CC1(C)CC(C(=O)OC[C@]2(C#N)CC[C@H](c3ccc4c(N)ncnn34)O2)C1. The molecule has 2 fully saturated rings. The van der Waals surface area contributed by atoms with E-state index in [4.69, 9.17) is 15.2 Å². The molecule has 8 nitrogen and oxygen atoms in total. The van der Waals surface area contributed by atoms with Crippen LogP contribution in [0.4, 0.5) is 5.82 Å². The lowest BCUT2D eigenvalue weighted by Crippen LogP contribution is -2.40. The highest BCUT2D eigenvalue weighted by Gasteiger charge is 2.46. The zero-order valence-corrected chi connectivity index (χ0v) is 15.5. The van der Waals surface area contributed by atoms with Crippen molar-refractivity contribution in [2.75, 3.05) is 12.3 Å². The lowest BCUT2D eigenvalue weighted by molar-refractivity contribution is -0.163. The summed E-state index contributed by atoms with van der Waals surface area (Å²) in [5, 5.41) is 13.9. The third kappa shape index (κ3) is 3.12. The highest BCUT2D eigenvalue weighted by atomic mass is 16.6. The molecule has 2 atom stereocenters. The molecule has 2 N–H and O–H groups in total. The van der Waals surface area contributed by atoms with Gasteiger partial charge in [0.2, 0.25) is 0 Å². The summed E-state index contributed by atoms with van der Waals surface area (Å²) in [5.74, 6) is 0.0880. The third-order valence-corrected chi connectivity index (χ3v) is 5.60. The molecule has 1 aliphatic carbocycles. The number of fused-ring (bicyclic) bond motifs is 1. The summed E-state index contributed by atoms with van der Waals surface area (Å²) < 4.78 is 13.2. The summed E-state index contributed by atoms with van der Waals surface area (Å²) >= 11 is 0. The Morgan fingerprint density at radius 3 is 2.96 bits per heavy atom. The molecular weight excluding hydrogens is 346 g/mol. The molecule has 0 amide bonds. The first-order valence-corrected chi connectivity index (χ1v) is 9.16. The number of carbonyl (C=O) groups excluding carboxylic acids is 1. The Balaban J connectivity index is 1.44. The van der Waals surface area contributed by atoms with E-state index in [-0.39, 0.29) is 30.0 Å². The monoisotopic (exact) mass is 369 g/mol. The number of nitrogen functional groups attached to an aromatic ring is 1. The minimum Gasteiger partial charge on any atom is -0.461 e. The number of nitriles is 1. The molecule has 2 aromatic heterocycles. The van der Waals surface area contributed by atoms with Crippen LogP contribution in [-0.4, -0.2) is 32.8 Å². The first-order chi connectivity index (χ1) is 12.8. The fourth-order valence-electron chi connectivity index (χ4n) is 4.15. The van der Waals surface area contributed by atoms with Gasteiger partial charge in [-0.05, 0) is 43.2 Å². The number of anilines is 1. The van der Waals surface area contributed by atoms with Crippen LogP contribution in [0.2, 0.25) is 0 Å². The van der Waals surface area contributed by atoms with Crippen molar-refractivity contribution in [2.45, 2.75) is 51.2 Å². The zero-order chi connectivity index (χ0) is 19.2. The summed E-state index contributed by atoms with van der Waals surface area (Å²) in [6.45, 7) is 4.23. The number of hydrogen-bond donors (Lipinski definition) is 1. The maximum absolute atomic E-state index is 12.2. The van der Waals surface area contributed by atoms with E-state index in [0.717, 1.165) is 18.5 Å². The van der Waals surface area contributed by atoms with Gasteiger partial charge in [-0.3, -0.25) is 4.79 Å². The van der Waals surface area contributed by atoms with E-state index in [9.17, 15) is 10.1 Å². The van der Waals surface area contributed by atoms with Crippen molar-refractivity contribution in [3.63, 3.8) is 0 Å². The molecular formula is C19H23N5O3. The molecule has 0 unspecified atom stereocenters. The second kappa shape index (κ2) is 6.20. The van der Waals surface area contributed by atoms with Gasteiger partial charge in [0, 0.05) is 0 Å². The Bertz CT molecular complexity index is 923. The molecule has 2 aromatic rings. The third-order valence-electron chi connectivity index (χ3n) is 5.60. The highest BCUT2D eigenvalue weighted by Crippen LogP contribution is 2.46. The van der Waals surface area contributed by atoms with Gasteiger partial charge in [0.15, 0.2) is 11.4 Å². The Morgan fingerprint density at radius 2 is 2.26 bits per heavy atom. The van der Waals surface area contributed by atoms with Gasteiger partial charge in [-0.15, -0.1) is 0 Å². The van der Waals surface area contributed by atoms with Gasteiger partial charge in [0.1, 0.15) is 30.6 Å². The normalized spacial score (nSPS) is 27.2. The Kier molecular flexibility index (Phi) is 4.07. The van der Waals surface area contributed by atoms with Crippen LogP contribution in [0.1, 0.15) is 51.3 Å². The Labute approximate surface area is 157 Å². The summed E-state index contributed by atoms with van der Waals surface area (Å²) in [6.07, 6.45) is 3.85. The zero-order valence-electron chi connectivity index (χ0n) is 15.5. The fraction of sp³-hybridized carbons (Fsp3) is 0.579. The quantitative estimate of drug-likeness (QED) is 0.823. The number of nitrogens with two attached hydrogens (primary N) is 1. The first-order valence-electron chi connectivity index (χ1n) is 9.16. The van der Waals surface area contributed by atoms with Gasteiger partial charge in [0.25, 0.3) is 0 Å². The van der Waals surface area contributed by atoms with E-state index >= 15 is 0 Å². The molecule has 0 radical (unpaired) electrons. The molecule has 8 heteroatoms. The standard InChI is InChI=1S/C19H23N5O3/c1-18(2)7-12(8-18)17(25)26-10-19(9-20)6-5-15(27-19)13-3-4-14-16(21)22-11-23-24(13)14/h3-4,11-12,15H,5-8,10H2,1-2H3,(H2,21,22,23)/t15-,19-/m1/s1. The molecule has 4 rings (SSSR count). The molecule has 0 bridgehead atoms. The second-order valence-corrected chi connectivity index (χ2v) is 8.33. The Hall–Kier alpha value is -2.66. The Morgan fingerprint density at radius 1 is 1.48 bits per heavy atom. The van der Waals surface area contributed by atoms with Crippen LogP contribution in [0.3, 0.4) is 0 Å². The van der Waals surface area contributed by atoms with Crippen LogP contribution in [0.25, 0.3) is 5.52 Å². The van der Waals surface area contributed by atoms with E-state index in [2.05, 4.69) is 30.0 Å². The molecule has 0 spiro atoms. The van der Waals surface area contributed by atoms with Crippen molar-refractivity contribution in [3.8, 4) is 6.07 Å².